The zero-order chi connectivity index (χ0) is 18.2. The van der Waals surface area contributed by atoms with Gasteiger partial charge in [0.25, 0.3) is 5.91 Å². The van der Waals surface area contributed by atoms with Gasteiger partial charge in [-0.3, -0.25) is 4.79 Å². The highest BCUT2D eigenvalue weighted by Gasteiger charge is 2.16. The predicted molar refractivity (Wildman–Crippen MR) is 104 cm³/mol. The van der Waals surface area contributed by atoms with Gasteiger partial charge in [-0.15, -0.1) is 0 Å². The lowest BCUT2D eigenvalue weighted by atomic mass is 10.1. The van der Waals surface area contributed by atoms with Crippen molar-refractivity contribution in [2.75, 3.05) is 43.1 Å². The molecule has 0 aromatic heterocycles. The van der Waals surface area contributed by atoms with Gasteiger partial charge < -0.3 is 19.7 Å². The molecule has 1 N–H and O–H groups in total. The van der Waals surface area contributed by atoms with Gasteiger partial charge in [-0.25, -0.2) is 0 Å². The Bertz CT molecular complexity index is 727. The molecular weight excluding hydrogens is 328 g/mol. The first kappa shape index (κ1) is 18.3. The number of rotatable bonds is 7. The van der Waals surface area contributed by atoms with E-state index >= 15 is 0 Å². The zero-order valence-corrected chi connectivity index (χ0v) is 15.2. The summed E-state index contributed by atoms with van der Waals surface area (Å²) in [5.41, 5.74) is 2.44. The van der Waals surface area contributed by atoms with E-state index in [2.05, 4.69) is 17.1 Å². The number of nitrogens with one attached hydrogen (secondary N) is 1. The van der Waals surface area contributed by atoms with Crippen LogP contribution in [0.3, 0.4) is 0 Å². The van der Waals surface area contributed by atoms with Crippen LogP contribution in [0.1, 0.15) is 30.1 Å². The maximum absolute atomic E-state index is 12.7. The van der Waals surface area contributed by atoms with Crippen LogP contribution < -0.4 is 15.0 Å². The van der Waals surface area contributed by atoms with E-state index in [0.717, 1.165) is 43.1 Å². The van der Waals surface area contributed by atoms with Gasteiger partial charge in [-0.2, -0.15) is 0 Å². The number of ether oxygens (including phenoxy) is 2. The Morgan fingerprint density at radius 2 is 1.96 bits per heavy atom. The molecule has 1 aliphatic heterocycles. The van der Waals surface area contributed by atoms with Crippen molar-refractivity contribution in [1.29, 1.82) is 0 Å². The van der Waals surface area contributed by atoms with Gasteiger partial charge in [0.1, 0.15) is 5.75 Å². The quantitative estimate of drug-likeness (QED) is 0.765. The Hall–Kier alpha value is -2.53. The number of carbonyl (C=O) groups excluding carboxylic acids is 1. The molecular formula is C21H26N2O3. The number of amides is 1. The van der Waals surface area contributed by atoms with Crippen LogP contribution in [0.5, 0.6) is 5.75 Å². The summed E-state index contributed by atoms with van der Waals surface area (Å²) >= 11 is 0. The second-order valence-corrected chi connectivity index (χ2v) is 6.30. The summed E-state index contributed by atoms with van der Waals surface area (Å²) in [6, 6.07) is 15.2. The molecule has 3 rings (SSSR count). The molecule has 26 heavy (non-hydrogen) atoms. The molecule has 5 heteroatoms. The van der Waals surface area contributed by atoms with Gasteiger partial charge in [-0.1, -0.05) is 31.5 Å². The summed E-state index contributed by atoms with van der Waals surface area (Å²) in [6.45, 7) is 5.86. The highest BCUT2D eigenvalue weighted by atomic mass is 16.5. The number of morpholine rings is 1. The van der Waals surface area contributed by atoms with E-state index in [4.69, 9.17) is 9.47 Å². The second kappa shape index (κ2) is 9.25. The molecule has 138 valence electrons. The smallest absolute Gasteiger partial charge is 0.255 e. The van der Waals surface area contributed by atoms with Crippen LogP contribution in [0.2, 0.25) is 0 Å². The number of hydrogen-bond donors (Lipinski definition) is 1. The van der Waals surface area contributed by atoms with Crippen LogP contribution in [-0.4, -0.2) is 38.8 Å². The highest BCUT2D eigenvalue weighted by Crippen LogP contribution is 2.27. The van der Waals surface area contributed by atoms with Crippen LogP contribution in [0.4, 0.5) is 11.4 Å². The van der Waals surface area contributed by atoms with E-state index in [1.54, 1.807) is 12.1 Å². The minimum Gasteiger partial charge on any atom is -0.494 e. The fourth-order valence-corrected chi connectivity index (χ4v) is 2.92. The van der Waals surface area contributed by atoms with Crippen LogP contribution in [-0.2, 0) is 4.74 Å². The predicted octanol–water partition coefficient (Wildman–Crippen LogP) is 3.95. The zero-order valence-electron chi connectivity index (χ0n) is 15.2. The first-order chi connectivity index (χ1) is 12.8. The van der Waals surface area contributed by atoms with E-state index in [1.807, 2.05) is 36.4 Å². The number of benzene rings is 2. The van der Waals surface area contributed by atoms with Crippen molar-refractivity contribution in [3.63, 3.8) is 0 Å². The minimum atomic E-state index is -0.133. The average Bonchev–Trinajstić information content (AvgIpc) is 2.69. The van der Waals surface area contributed by atoms with Crippen LogP contribution >= 0.6 is 0 Å². The van der Waals surface area contributed by atoms with Crippen LogP contribution in [0, 0.1) is 0 Å². The van der Waals surface area contributed by atoms with Crippen molar-refractivity contribution >= 4 is 17.3 Å². The molecule has 0 bridgehead atoms. The molecule has 0 atom stereocenters. The molecule has 0 spiro atoms. The number of anilines is 2. The number of para-hydroxylation sites is 2. The van der Waals surface area contributed by atoms with Gasteiger partial charge in [0.2, 0.25) is 0 Å². The molecule has 0 radical (unpaired) electrons. The van der Waals surface area contributed by atoms with Crippen molar-refractivity contribution in [2.24, 2.45) is 0 Å². The van der Waals surface area contributed by atoms with Gasteiger partial charge in [0, 0.05) is 18.7 Å². The second-order valence-electron chi connectivity index (χ2n) is 6.30. The van der Waals surface area contributed by atoms with Gasteiger partial charge in [-0.05, 0) is 36.8 Å². The van der Waals surface area contributed by atoms with Crippen LogP contribution in [0.25, 0.3) is 0 Å². The first-order valence-corrected chi connectivity index (χ1v) is 9.24. The Kier molecular flexibility index (Phi) is 6.50. The molecule has 1 amide bonds. The highest BCUT2D eigenvalue weighted by molar-refractivity contribution is 6.06. The Morgan fingerprint density at radius 1 is 1.15 bits per heavy atom. The molecule has 1 saturated heterocycles. The van der Waals surface area contributed by atoms with Crippen molar-refractivity contribution < 1.29 is 14.3 Å². The summed E-state index contributed by atoms with van der Waals surface area (Å²) in [5.74, 6) is 0.596. The summed E-state index contributed by atoms with van der Waals surface area (Å²) in [6.07, 6.45) is 2.09. The normalized spacial score (nSPS) is 14.1. The van der Waals surface area contributed by atoms with Crippen LogP contribution in [0.15, 0.2) is 48.5 Å². The molecule has 1 fully saturated rings. The molecule has 2 aromatic carbocycles. The minimum absolute atomic E-state index is 0.133. The third-order valence-electron chi connectivity index (χ3n) is 4.37. The number of nitrogens with zero attached hydrogens (tertiary/aromatic N) is 1. The standard InChI is InChI=1S/C21H26N2O3/c1-2-3-13-26-18-8-6-7-17(16-18)21(24)22-19-9-4-5-10-20(19)23-11-14-25-15-12-23/h4-10,16H,2-3,11-15H2,1H3,(H,22,24). The molecule has 0 saturated carbocycles. The van der Waals surface area contributed by atoms with E-state index in [-0.39, 0.29) is 5.91 Å². The average molecular weight is 354 g/mol. The maximum atomic E-state index is 12.7. The molecule has 1 heterocycles. The fraction of sp³-hybridized carbons (Fsp3) is 0.381. The van der Waals surface area contributed by atoms with Crippen molar-refractivity contribution in [1.82, 2.24) is 0 Å². The number of unbranched alkanes of at least 4 members (excludes halogenated alkanes) is 1. The summed E-state index contributed by atoms with van der Waals surface area (Å²) < 4.78 is 11.1. The van der Waals surface area contributed by atoms with Crippen molar-refractivity contribution in [2.45, 2.75) is 19.8 Å². The van der Waals surface area contributed by atoms with Gasteiger partial charge in [0.15, 0.2) is 0 Å². The largest absolute Gasteiger partial charge is 0.494 e. The Morgan fingerprint density at radius 3 is 2.77 bits per heavy atom. The third kappa shape index (κ3) is 4.76. The molecule has 1 aliphatic rings. The molecule has 0 unspecified atom stereocenters. The molecule has 2 aromatic rings. The van der Waals surface area contributed by atoms with E-state index in [1.165, 1.54) is 0 Å². The summed E-state index contributed by atoms with van der Waals surface area (Å²) in [7, 11) is 0. The Balaban J connectivity index is 1.71. The third-order valence-corrected chi connectivity index (χ3v) is 4.37. The number of carbonyl (C=O) groups is 1. The van der Waals surface area contributed by atoms with Gasteiger partial charge >= 0.3 is 0 Å². The molecule has 5 nitrogen and oxygen atoms in total. The lowest BCUT2D eigenvalue weighted by Crippen LogP contribution is -2.36. The van der Waals surface area contributed by atoms with E-state index in [9.17, 15) is 4.79 Å². The first-order valence-electron chi connectivity index (χ1n) is 9.24. The lowest BCUT2D eigenvalue weighted by molar-refractivity contribution is 0.102. The summed E-state index contributed by atoms with van der Waals surface area (Å²) in [5, 5.41) is 3.04. The maximum Gasteiger partial charge on any atom is 0.255 e. The van der Waals surface area contributed by atoms with Gasteiger partial charge in [0.05, 0.1) is 31.2 Å². The molecule has 0 aliphatic carbocycles. The number of hydrogen-bond acceptors (Lipinski definition) is 4. The summed E-state index contributed by atoms with van der Waals surface area (Å²) in [4.78, 5) is 15.0. The topological polar surface area (TPSA) is 50.8 Å². The van der Waals surface area contributed by atoms with E-state index < -0.39 is 0 Å². The van der Waals surface area contributed by atoms with E-state index in [0.29, 0.717) is 25.4 Å². The fourth-order valence-electron chi connectivity index (χ4n) is 2.92. The Labute approximate surface area is 154 Å². The lowest BCUT2D eigenvalue weighted by Gasteiger charge is -2.30. The van der Waals surface area contributed by atoms with Crippen molar-refractivity contribution in [3.8, 4) is 5.75 Å². The monoisotopic (exact) mass is 354 g/mol. The SMILES string of the molecule is CCCCOc1cccc(C(=O)Nc2ccccc2N2CCOCC2)c1. The van der Waals surface area contributed by atoms with Crippen molar-refractivity contribution in [3.05, 3.63) is 54.1 Å².